The molecule has 172 valence electrons. The number of halogens is 2. The average Bonchev–Trinajstić information content (AvgIpc) is 3.05. The van der Waals surface area contributed by atoms with E-state index in [1.54, 1.807) is 50.6 Å². The van der Waals surface area contributed by atoms with Crippen molar-refractivity contribution in [1.29, 1.82) is 0 Å². The van der Waals surface area contributed by atoms with Crippen molar-refractivity contribution in [3.05, 3.63) is 42.1 Å². The first-order valence-corrected chi connectivity index (χ1v) is 10.3. The molecule has 1 aromatic carbocycles. The Morgan fingerprint density at radius 3 is 2.47 bits per heavy atom. The maximum absolute atomic E-state index is 12.9. The summed E-state index contributed by atoms with van der Waals surface area (Å²) in [6.07, 6.45) is 1.44. The van der Waals surface area contributed by atoms with Crippen LogP contribution < -0.4 is 10.1 Å². The molecule has 3 rings (SSSR count). The minimum absolute atomic E-state index is 0.0228. The molecule has 1 amide bonds. The lowest BCUT2D eigenvalue weighted by Gasteiger charge is -2.37. The third kappa shape index (κ3) is 4.72. The Morgan fingerprint density at radius 1 is 1.19 bits per heavy atom. The fraction of sp³-hybridized carbons (Fsp3) is 0.435. The van der Waals surface area contributed by atoms with E-state index in [9.17, 15) is 18.7 Å². The summed E-state index contributed by atoms with van der Waals surface area (Å²) in [4.78, 5) is 17.3. The van der Waals surface area contributed by atoms with E-state index in [4.69, 9.17) is 0 Å². The molecule has 0 bridgehead atoms. The topological polar surface area (TPSA) is 89.3 Å². The van der Waals surface area contributed by atoms with Crippen molar-refractivity contribution in [1.82, 2.24) is 20.1 Å². The van der Waals surface area contributed by atoms with Crippen molar-refractivity contribution < 1.29 is 23.4 Å². The highest BCUT2D eigenvalue weighted by molar-refractivity contribution is 5.99. The summed E-state index contributed by atoms with van der Waals surface area (Å²) in [5, 5.41) is 17.8. The summed E-state index contributed by atoms with van der Waals surface area (Å²) in [5.74, 6) is -0.355. The van der Waals surface area contributed by atoms with Crippen LogP contribution in [0.3, 0.4) is 0 Å². The van der Waals surface area contributed by atoms with Gasteiger partial charge in [0.15, 0.2) is 0 Å². The standard InChI is InChI=1S/C23H28F2N4O3/c1-13(2)29-17-11-15(20(30)27-22(3,4)23(5,6)31)12-26-19(17)18(28-29)14-8-7-9-16(10-14)32-21(24)25/h7-13,21,31H,1-6H3,(H,27,30). The number of nitrogens with zero attached hydrogens (tertiary/aromatic N) is 3. The third-order valence-corrected chi connectivity index (χ3v) is 5.59. The molecular weight excluding hydrogens is 418 g/mol. The number of carbonyl (C=O) groups is 1. The molecular formula is C23H28F2N4O3. The van der Waals surface area contributed by atoms with Gasteiger partial charge in [0.25, 0.3) is 5.91 Å². The Balaban J connectivity index is 2.06. The molecule has 0 saturated heterocycles. The fourth-order valence-electron chi connectivity index (χ4n) is 3.06. The zero-order valence-corrected chi connectivity index (χ0v) is 19.0. The van der Waals surface area contributed by atoms with E-state index in [0.717, 1.165) is 0 Å². The molecule has 9 heteroatoms. The van der Waals surface area contributed by atoms with Crippen LogP contribution in [-0.2, 0) is 0 Å². The van der Waals surface area contributed by atoms with Crippen LogP contribution in [0.4, 0.5) is 8.78 Å². The molecule has 0 aliphatic rings. The number of aliphatic hydroxyl groups is 1. The third-order valence-electron chi connectivity index (χ3n) is 5.59. The summed E-state index contributed by atoms with van der Waals surface area (Å²) in [5.41, 5.74) is 0.525. The Labute approximate surface area is 185 Å². The fourth-order valence-corrected chi connectivity index (χ4v) is 3.06. The van der Waals surface area contributed by atoms with E-state index in [1.807, 2.05) is 13.8 Å². The van der Waals surface area contributed by atoms with Crippen molar-refractivity contribution in [3.8, 4) is 17.0 Å². The smallest absolute Gasteiger partial charge is 0.387 e. The number of hydrogen-bond acceptors (Lipinski definition) is 5. The molecule has 32 heavy (non-hydrogen) atoms. The predicted molar refractivity (Wildman–Crippen MR) is 118 cm³/mol. The molecule has 0 aliphatic heterocycles. The lowest BCUT2D eigenvalue weighted by molar-refractivity contribution is -0.0498. The highest BCUT2D eigenvalue weighted by Crippen LogP contribution is 2.31. The minimum atomic E-state index is -2.93. The number of hydrogen-bond donors (Lipinski definition) is 2. The van der Waals surface area contributed by atoms with Crippen LogP contribution in [0, 0.1) is 0 Å². The Kier molecular flexibility index (Phi) is 6.24. The molecule has 0 atom stereocenters. The number of fused-ring (bicyclic) bond motifs is 1. The molecule has 2 N–H and O–H groups in total. The molecule has 3 aromatic rings. The van der Waals surface area contributed by atoms with Crippen molar-refractivity contribution in [2.24, 2.45) is 0 Å². The van der Waals surface area contributed by atoms with Crippen LogP contribution in [0.15, 0.2) is 36.5 Å². The number of carbonyl (C=O) groups excluding carboxylic acids is 1. The quantitative estimate of drug-likeness (QED) is 0.555. The molecule has 0 fully saturated rings. The van der Waals surface area contributed by atoms with Gasteiger partial charge in [0.1, 0.15) is 17.0 Å². The number of pyridine rings is 1. The molecule has 0 radical (unpaired) electrons. The lowest BCUT2D eigenvalue weighted by atomic mass is 9.86. The number of rotatable bonds is 7. The molecule has 0 unspecified atom stereocenters. The first-order valence-electron chi connectivity index (χ1n) is 10.3. The SMILES string of the molecule is CC(C)n1nc(-c2cccc(OC(F)F)c2)c2ncc(C(=O)NC(C)(C)C(C)(C)O)cc21. The normalized spacial score (nSPS) is 12.6. The number of aromatic nitrogens is 3. The summed E-state index contributed by atoms with van der Waals surface area (Å²) in [6, 6.07) is 7.91. The van der Waals surface area contributed by atoms with Gasteiger partial charge in [0.05, 0.1) is 22.2 Å². The van der Waals surface area contributed by atoms with Crippen LogP contribution in [0.2, 0.25) is 0 Å². The zero-order valence-electron chi connectivity index (χ0n) is 19.0. The monoisotopic (exact) mass is 446 g/mol. The zero-order chi connectivity index (χ0) is 23.8. The Bertz CT molecular complexity index is 1130. The maximum Gasteiger partial charge on any atom is 0.387 e. The Hall–Kier alpha value is -3.07. The van der Waals surface area contributed by atoms with Crippen molar-refractivity contribution in [3.63, 3.8) is 0 Å². The number of nitrogens with one attached hydrogen (secondary N) is 1. The molecule has 2 aromatic heterocycles. The van der Waals surface area contributed by atoms with Gasteiger partial charge in [-0.1, -0.05) is 12.1 Å². The number of amides is 1. The summed E-state index contributed by atoms with van der Waals surface area (Å²) < 4.78 is 31.5. The van der Waals surface area contributed by atoms with Gasteiger partial charge in [-0.15, -0.1) is 0 Å². The van der Waals surface area contributed by atoms with E-state index in [0.29, 0.717) is 27.9 Å². The Morgan fingerprint density at radius 2 is 1.88 bits per heavy atom. The van der Waals surface area contributed by atoms with Gasteiger partial charge in [0.2, 0.25) is 0 Å². The number of benzene rings is 1. The lowest BCUT2D eigenvalue weighted by Crippen LogP contribution is -2.57. The first-order chi connectivity index (χ1) is 14.8. The van der Waals surface area contributed by atoms with Crippen LogP contribution in [0.1, 0.15) is 57.9 Å². The van der Waals surface area contributed by atoms with Gasteiger partial charge < -0.3 is 15.2 Å². The highest BCUT2D eigenvalue weighted by atomic mass is 19.3. The van der Waals surface area contributed by atoms with Crippen LogP contribution in [-0.4, -0.2) is 43.5 Å². The molecule has 2 heterocycles. The molecule has 0 saturated carbocycles. The minimum Gasteiger partial charge on any atom is -0.435 e. The van der Waals surface area contributed by atoms with Crippen molar-refractivity contribution in [2.45, 2.75) is 65.3 Å². The van der Waals surface area contributed by atoms with E-state index >= 15 is 0 Å². The summed E-state index contributed by atoms with van der Waals surface area (Å²) in [7, 11) is 0. The predicted octanol–water partition coefficient (Wildman–Crippen LogP) is 4.56. The molecule has 7 nitrogen and oxygen atoms in total. The highest BCUT2D eigenvalue weighted by Gasteiger charge is 2.36. The van der Waals surface area contributed by atoms with Gasteiger partial charge in [-0.3, -0.25) is 14.5 Å². The van der Waals surface area contributed by atoms with Gasteiger partial charge in [0, 0.05) is 17.8 Å². The maximum atomic E-state index is 12.9. The van der Waals surface area contributed by atoms with Gasteiger partial charge in [-0.05, 0) is 59.7 Å². The average molecular weight is 446 g/mol. The van der Waals surface area contributed by atoms with E-state index < -0.39 is 17.8 Å². The van der Waals surface area contributed by atoms with Gasteiger partial charge >= 0.3 is 6.61 Å². The van der Waals surface area contributed by atoms with Crippen LogP contribution in [0.5, 0.6) is 5.75 Å². The molecule has 0 spiro atoms. The van der Waals surface area contributed by atoms with Crippen LogP contribution in [0.25, 0.3) is 22.3 Å². The summed E-state index contributed by atoms with van der Waals surface area (Å²) in [6.45, 7) is 7.68. The second kappa shape index (κ2) is 8.46. The van der Waals surface area contributed by atoms with E-state index in [2.05, 4.69) is 20.1 Å². The van der Waals surface area contributed by atoms with Gasteiger partial charge in [-0.2, -0.15) is 13.9 Å². The van der Waals surface area contributed by atoms with Gasteiger partial charge in [-0.25, -0.2) is 0 Å². The number of alkyl halides is 2. The van der Waals surface area contributed by atoms with Crippen molar-refractivity contribution in [2.75, 3.05) is 0 Å². The largest absolute Gasteiger partial charge is 0.435 e. The second-order valence-electron chi connectivity index (χ2n) is 9.02. The van der Waals surface area contributed by atoms with E-state index in [-0.39, 0.29) is 17.7 Å². The van der Waals surface area contributed by atoms with Crippen molar-refractivity contribution >= 4 is 16.9 Å². The molecule has 0 aliphatic carbocycles. The van der Waals surface area contributed by atoms with Crippen LogP contribution >= 0.6 is 0 Å². The second-order valence-corrected chi connectivity index (χ2v) is 9.02. The van der Waals surface area contributed by atoms with E-state index in [1.165, 1.54) is 18.3 Å². The number of ether oxygens (including phenoxy) is 1. The first kappa shape index (κ1) is 23.6. The summed E-state index contributed by atoms with van der Waals surface area (Å²) >= 11 is 0.